The van der Waals surface area contributed by atoms with Crippen LogP contribution in [0.3, 0.4) is 0 Å². The Morgan fingerprint density at radius 3 is 2.43 bits per heavy atom. The van der Waals surface area contributed by atoms with Crippen molar-refractivity contribution in [3.63, 3.8) is 0 Å². The summed E-state index contributed by atoms with van der Waals surface area (Å²) in [6.45, 7) is -2.18. The Morgan fingerprint density at radius 2 is 1.79 bits per heavy atom. The molecule has 1 atom stereocenters. The quantitative estimate of drug-likeness (QED) is 0.520. The Hall–Kier alpha value is -3.49. The summed E-state index contributed by atoms with van der Waals surface area (Å²) < 4.78 is 39.3. The van der Waals surface area contributed by atoms with Gasteiger partial charge in [-0.05, 0) is 43.3 Å². The molecule has 0 aliphatic heterocycles. The van der Waals surface area contributed by atoms with Gasteiger partial charge in [-0.15, -0.1) is 0 Å². The number of aldehydes is 1. The predicted molar refractivity (Wildman–Crippen MR) is 94.6 cm³/mol. The molecule has 0 saturated heterocycles. The van der Waals surface area contributed by atoms with E-state index in [9.17, 15) is 23.2 Å². The van der Waals surface area contributed by atoms with Crippen LogP contribution in [0.1, 0.15) is 17.3 Å². The molecule has 7 nitrogen and oxygen atoms in total. The van der Waals surface area contributed by atoms with Crippen molar-refractivity contribution in [2.24, 2.45) is 0 Å². The zero-order valence-electron chi connectivity index (χ0n) is 14.8. The highest BCUT2D eigenvalue weighted by Gasteiger charge is 2.20. The number of amides is 1. The van der Waals surface area contributed by atoms with E-state index >= 15 is 0 Å². The van der Waals surface area contributed by atoms with Crippen LogP contribution in [-0.2, 0) is 14.3 Å². The summed E-state index contributed by atoms with van der Waals surface area (Å²) in [5.74, 6) is -1.41. The summed E-state index contributed by atoms with van der Waals surface area (Å²) in [6.07, 6.45) is -0.531. The van der Waals surface area contributed by atoms with Gasteiger partial charge < -0.3 is 19.5 Å². The molecule has 0 fully saturated rings. The Morgan fingerprint density at radius 1 is 1.11 bits per heavy atom. The molecule has 0 spiro atoms. The van der Waals surface area contributed by atoms with Gasteiger partial charge in [0.25, 0.3) is 5.91 Å². The minimum atomic E-state index is -3.05. The number of anilines is 1. The number of esters is 1. The molecule has 28 heavy (non-hydrogen) atoms. The smallest absolute Gasteiger partial charge is 0.387 e. The van der Waals surface area contributed by atoms with E-state index in [0.29, 0.717) is 17.6 Å². The van der Waals surface area contributed by atoms with E-state index in [-0.39, 0.29) is 11.4 Å². The maximum atomic E-state index is 12.4. The summed E-state index contributed by atoms with van der Waals surface area (Å²) in [4.78, 5) is 34.5. The Balaban J connectivity index is 1.86. The molecule has 148 valence electrons. The molecule has 1 N–H and O–H groups in total. The minimum absolute atomic E-state index is 0.0159. The monoisotopic (exact) mass is 393 g/mol. The molecule has 0 aromatic heterocycles. The molecular formula is C19H17F2NO6. The van der Waals surface area contributed by atoms with Crippen molar-refractivity contribution >= 4 is 23.9 Å². The molecule has 2 aromatic rings. The van der Waals surface area contributed by atoms with Crippen LogP contribution in [0, 0.1) is 0 Å². The standard InChI is InChI=1S/C19H17F2NO6/c1-12(18(25)22-15-4-2-3-5-16(15)28-19(20)21)27-17(24)11-26-14-8-6-13(10-23)7-9-14/h2-10,12,19H,11H2,1H3,(H,22,25)/t12-/m0/s1. The van der Waals surface area contributed by atoms with Crippen LogP contribution >= 0.6 is 0 Å². The number of ether oxygens (including phenoxy) is 3. The largest absolute Gasteiger partial charge is 0.482 e. The highest BCUT2D eigenvalue weighted by Crippen LogP contribution is 2.25. The van der Waals surface area contributed by atoms with Gasteiger partial charge in [-0.3, -0.25) is 9.59 Å². The van der Waals surface area contributed by atoms with Crippen LogP contribution in [0.4, 0.5) is 14.5 Å². The summed E-state index contributed by atoms with van der Waals surface area (Å²) in [5, 5.41) is 2.36. The van der Waals surface area contributed by atoms with E-state index in [0.717, 1.165) is 0 Å². The second-order valence-corrected chi connectivity index (χ2v) is 5.47. The van der Waals surface area contributed by atoms with Crippen molar-refractivity contribution in [2.45, 2.75) is 19.6 Å². The lowest BCUT2D eigenvalue weighted by molar-refractivity contribution is -0.155. The number of rotatable bonds is 9. The average molecular weight is 393 g/mol. The van der Waals surface area contributed by atoms with Gasteiger partial charge in [-0.25, -0.2) is 4.79 Å². The lowest BCUT2D eigenvalue weighted by Gasteiger charge is -2.16. The number of carbonyl (C=O) groups excluding carboxylic acids is 3. The first kappa shape index (κ1) is 20.8. The number of hydrogen-bond donors (Lipinski definition) is 1. The second-order valence-electron chi connectivity index (χ2n) is 5.47. The third kappa shape index (κ3) is 6.35. The van der Waals surface area contributed by atoms with Crippen molar-refractivity contribution in [1.82, 2.24) is 0 Å². The summed E-state index contributed by atoms with van der Waals surface area (Å²) in [6, 6.07) is 11.7. The Bertz CT molecular complexity index is 825. The van der Waals surface area contributed by atoms with Crippen molar-refractivity contribution in [2.75, 3.05) is 11.9 Å². The first-order valence-corrected chi connectivity index (χ1v) is 8.11. The highest BCUT2D eigenvalue weighted by molar-refractivity contribution is 5.96. The molecule has 0 aliphatic carbocycles. The zero-order chi connectivity index (χ0) is 20.5. The summed E-state index contributed by atoms with van der Waals surface area (Å²) in [5.41, 5.74) is 0.471. The lowest BCUT2D eigenvalue weighted by Crippen LogP contribution is -2.31. The third-order valence-electron chi connectivity index (χ3n) is 3.41. The van der Waals surface area contributed by atoms with Gasteiger partial charge in [0.05, 0.1) is 5.69 Å². The van der Waals surface area contributed by atoms with Gasteiger partial charge in [-0.2, -0.15) is 8.78 Å². The fourth-order valence-electron chi connectivity index (χ4n) is 2.07. The van der Waals surface area contributed by atoms with Crippen LogP contribution in [0.15, 0.2) is 48.5 Å². The maximum Gasteiger partial charge on any atom is 0.387 e. The molecule has 0 radical (unpaired) electrons. The predicted octanol–water partition coefficient (Wildman–Crippen LogP) is 3.05. The zero-order valence-corrected chi connectivity index (χ0v) is 14.8. The van der Waals surface area contributed by atoms with Crippen LogP contribution < -0.4 is 14.8 Å². The number of alkyl halides is 2. The number of halogens is 2. The molecule has 2 aromatic carbocycles. The van der Waals surface area contributed by atoms with E-state index in [1.807, 2.05) is 0 Å². The SMILES string of the molecule is C[C@H](OC(=O)COc1ccc(C=O)cc1)C(=O)Nc1ccccc1OC(F)F. The Labute approximate surface area is 159 Å². The van der Waals surface area contributed by atoms with E-state index in [4.69, 9.17) is 9.47 Å². The van der Waals surface area contributed by atoms with Crippen LogP contribution in [-0.4, -0.2) is 37.5 Å². The number of carbonyl (C=O) groups is 3. The average Bonchev–Trinajstić information content (AvgIpc) is 2.67. The molecule has 0 saturated carbocycles. The molecular weight excluding hydrogens is 376 g/mol. The molecule has 0 bridgehead atoms. The highest BCUT2D eigenvalue weighted by atomic mass is 19.3. The first-order valence-electron chi connectivity index (χ1n) is 8.11. The molecule has 1 amide bonds. The molecule has 2 rings (SSSR count). The molecule has 9 heteroatoms. The number of nitrogens with one attached hydrogen (secondary N) is 1. The van der Waals surface area contributed by atoms with Crippen molar-refractivity contribution in [1.29, 1.82) is 0 Å². The van der Waals surface area contributed by atoms with Crippen molar-refractivity contribution in [3.8, 4) is 11.5 Å². The summed E-state index contributed by atoms with van der Waals surface area (Å²) >= 11 is 0. The van der Waals surface area contributed by atoms with Gasteiger partial charge in [0.1, 0.15) is 17.8 Å². The van der Waals surface area contributed by atoms with Crippen molar-refractivity contribution < 1.29 is 37.4 Å². The number of benzene rings is 2. The van der Waals surface area contributed by atoms with Gasteiger partial charge in [0.15, 0.2) is 12.7 Å². The van der Waals surface area contributed by atoms with Crippen LogP contribution in [0.5, 0.6) is 11.5 Å². The molecule has 0 aliphatic rings. The van der Waals surface area contributed by atoms with Gasteiger partial charge in [0, 0.05) is 5.56 Å². The molecule has 0 heterocycles. The molecule has 0 unspecified atom stereocenters. The van der Waals surface area contributed by atoms with Gasteiger partial charge >= 0.3 is 12.6 Å². The van der Waals surface area contributed by atoms with Crippen LogP contribution in [0.25, 0.3) is 0 Å². The van der Waals surface area contributed by atoms with E-state index < -0.39 is 31.2 Å². The second kappa shape index (κ2) is 10.0. The maximum absolute atomic E-state index is 12.4. The normalized spacial score (nSPS) is 11.4. The van der Waals surface area contributed by atoms with Crippen LogP contribution in [0.2, 0.25) is 0 Å². The van der Waals surface area contributed by atoms with E-state index in [1.54, 1.807) is 0 Å². The summed E-state index contributed by atoms with van der Waals surface area (Å²) in [7, 11) is 0. The number of para-hydroxylation sites is 2. The topological polar surface area (TPSA) is 90.9 Å². The Kier molecular flexibility index (Phi) is 7.44. The third-order valence-corrected chi connectivity index (χ3v) is 3.41. The number of hydrogen-bond acceptors (Lipinski definition) is 6. The fraction of sp³-hybridized carbons (Fsp3) is 0.211. The van der Waals surface area contributed by atoms with E-state index in [1.165, 1.54) is 55.5 Å². The fourth-order valence-corrected chi connectivity index (χ4v) is 2.07. The van der Waals surface area contributed by atoms with Gasteiger partial charge in [-0.1, -0.05) is 12.1 Å². The van der Waals surface area contributed by atoms with Gasteiger partial charge in [0.2, 0.25) is 0 Å². The van der Waals surface area contributed by atoms with E-state index in [2.05, 4.69) is 10.1 Å². The lowest BCUT2D eigenvalue weighted by atomic mass is 10.2. The first-order chi connectivity index (χ1) is 13.4. The minimum Gasteiger partial charge on any atom is -0.482 e. The van der Waals surface area contributed by atoms with Crippen molar-refractivity contribution in [3.05, 3.63) is 54.1 Å².